The third kappa shape index (κ3) is 10.5. The van der Waals surface area contributed by atoms with E-state index < -0.39 is 37.0 Å². The predicted octanol–water partition coefficient (Wildman–Crippen LogP) is 1.75. The molecule has 0 aliphatic carbocycles. The lowest BCUT2D eigenvalue weighted by molar-refractivity contribution is -0.148. The van der Waals surface area contributed by atoms with Gasteiger partial charge < -0.3 is 20.1 Å². The lowest BCUT2D eigenvalue weighted by atomic mass is 10.2. The van der Waals surface area contributed by atoms with E-state index in [2.05, 4.69) is 10.6 Å². The molecule has 12 heteroatoms. The second-order valence-corrected chi connectivity index (χ2v) is 8.72. The topological polar surface area (TPSA) is 145 Å². The molecule has 0 aromatic carbocycles. The van der Waals surface area contributed by atoms with Crippen molar-refractivity contribution in [3.05, 3.63) is 44.8 Å². The van der Waals surface area contributed by atoms with Gasteiger partial charge in [0.05, 0.1) is 22.6 Å². The molecule has 0 saturated heterocycles. The summed E-state index contributed by atoms with van der Waals surface area (Å²) in [6.07, 6.45) is -0.243. The summed E-state index contributed by atoms with van der Waals surface area (Å²) < 4.78 is 9.62. The fourth-order valence-corrected chi connectivity index (χ4v) is 3.88. The second kappa shape index (κ2) is 14.7. The number of Topliss-reactive ketones (excluding diaryl/α,β-unsaturated/α-hetero) is 2. The number of hydrogen-bond donors (Lipinski definition) is 2. The van der Waals surface area contributed by atoms with Gasteiger partial charge in [0.2, 0.25) is 0 Å². The predicted molar refractivity (Wildman–Crippen MR) is 124 cm³/mol. The molecule has 0 spiro atoms. The molecule has 2 amide bonds. The third-order valence-corrected chi connectivity index (χ3v) is 6.02. The van der Waals surface area contributed by atoms with Gasteiger partial charge in [-0.15, -0.1) is 22.7 Å². The summed E-state index contributed by atoms with van der Waals surface area (Å²) in [6.45, 7) is -0.853. The Morgan fingerprint density at radius 3 is 1.41 bits per heavy atom. The number of nitrogens with one attached hydrogen (secondary N) is 2. The first-order chi connectivity index (χ1) is 16.3. The van der Waals surface area contributed by atoms with E-state index in [-0.39, 0.29) is 50.3 Å². The maximum atomic E-state index is 11.8. The van der Waals surface area contributed by atoms with Gasteiger partial charge >= 0.3 is 11.9 Å². The summed E-state index contributed by atoms with van der Waals surface area (Å²) in [4.78, 5) is 71.4. The van der Waals surface area contributed by atoms with Crippen LogP contribution in [-0.4, -0.2) is 61.6 Å². The largest absolute Gasteiger partial charge is 0.456 e. The zero-order valence-corrected chi connectivity index (χ0v) is 19.8. The standard InChI is InChI=1S/C22H24N2O8S2/c25-15(17-3-1-11-33-17)5-7-21(29)31-13-19(27)23-9-10-24-20(28)14-32-22(30)8-6-16(26)18-4-2-12-34-18/h1-4,11-12H,5-10,13-14H2,(H,23,27)(H,24,28). The number of hydrogen-bond acceptors (Lipinski definition) is 10. The normalized spacial score (nSPS) is 10.2. The second-order valence-electron chi connectivity index (χ2n) is 6.82. The highest BCUT2D eigenvalue weighted by Gasteiger charge is 2.14. The summed E-state index contributed by atoms with van der Waals surface area (Å²) >= 11 is 2.58. The molecule has 0 radical (unpaired) electrons. The Kier molecular flexibility index (Phi) is 11.6. The first-order valence-corrected chi connectivity index (χ1v) is 12.1. The molecule has 0 saturated carbocycles. The van der Waals surface area contributed by atoms with Crippen LogP contribution in [0, 0.1) is 0 Å². The van der Waals surface area contributed by atoms with Crippen LogP contribution in [0.5, 0.6) is 0 Å². The van der Waals surface area contributed by atoms with Crippen molar-refractivity contribution in [2.45, 2.75) is 25.7 Å². The van der Waals surface area contributed by atoms with E-state index in [1.807, 2.05) is 0 Å². The Hall–Kier alpha value is -3.38. The molecule has 2 rings (SSSR count). The average molecular weight is 509 g/mol. The Balaban J connectivity index is 1.47. The van der Waals surface area contributed by atoms with E-state index in [0.29, 0.717) is 9.75 Å². The molecule has 0 bridgehead atoms. The van der Waals surface area contributed by atoms with Gasteiger partial charge in [-0.05, 0) is 22.9 Å². The molecule has 0 fully saturated rings. The van der Waals surface area contributed by atoms with Crippen LogP contribution in [0.2, 0.25) is 0 Å². The average Bonchev–Trinajstić information content (AvgIpc) is 3.55. The van der Waals surface area contributed by atoms with Crippen molar-refractivity contribution >= 4 is 58.0 Å². The van der Waals surface area contributed by atoms with Crippen LogP contribution in [0.25, 0.3) is 0 Å². The quantitative estimate of drug-likeness (QED) is 0.210. The van der Waals surface area contributed by atoms with E-state index in [9.17, 15) is 28.8 Å². The number of amides is 2. The van der Waals surface area contributed by atoms with Crippen LogP contribution in [0.4, 0.5) is 0 Å². The number of thiophene rings is 2. The van der Waals surface area contributed by atoms with Crippen LogP contribution < -0.4 is 10.6 Å². The zero-order valence-electron chi connectivity index (χ0n) is 18.2. The summed E-state index contributed by atoms with van der Waals surface area (Å²) in [7, 11) is 0. The van der Waals surface area contributed by atoms with Gasteiger partial charge in [0.15, 0.2) is 24.8 Å². The fourth-order valence-electron chi connectivity index (χ4n) is 2.49. The lowest BCUT2D eigenvalue weighted by Gasteiger charge is -2.08. The summed E-state index contributed by atoms with van der Waals surface area (Å²) in [5, 5.41) is 8.44. The molecular weight excluding hydrogens is 484 g/mol. The molecule has 2 N–H and O–H groups in total. The van der Waals surface area contributed by atoms with Crippen molar-refractivity contribution < 1.29 is 38.2 Å². The smallest absolute Gasteiger partial charge is 0.306 e. The van der Waals surface area contributed by atoms with E-state index >= 15 is 0 Å². The molecule has 0 unspecified atom stereocenters. The van der Waals surface area contributed by atoms with Gasteiger partial charge in [0.25, 0.3) is 11.8 Å². The molecule has 0 aliphatic rings. The van der Waals surface area contributed by atoms with E-state index in [1.165, 1.54) is 22.7 Å². The minimum atomic E-state index is -0.660. The van der Waals surface area contributed by atoms with Crippen LogP contribution in [0.15, 0.2) is 35.0 Å². The highest BCUT2D eigenvalue weighted by Crippen LogP contribution is 2.13. The van der Waals surface area contributed by atoms with Crippen molar-refractivity contribution in [2.24, 2.45) is 0 Å². The van der Waals surface area contributed by atoms with Crippen molar-refractivity contribution in [3.63, 3.8) is 0 Å². The number of ketones is 2. The van der Waals surface area contributed by atoms with Crippen molar-refractivity contribution in [3.8, 4) is 0 Å². The zero-order chi connectivity index (χ0) is 24.8. The minimum Gasteiger partial charge on any atom is -0.456 e. The highest BCUT2D eigenvalue weighted by atomic mass is 32.1. The molecule has 2 heterocycles. The fraction of sp³-hybridized carbons (Fsp3) is 0.364. The molecule has 34 heavy (non-hydrogen) atoms. The van der Waals surface area contributed by atoms with Gasteiger partial charge in [0, 0.05) is 25.9 Å². The number of ether oxygens (including phenoxy) is 2. The third-order valence-electron chi connectivity index (χ3n) is 4.20. The Morgan fingerprint density at radius 1 is 0.647 bits per heavy atom. The van der Waals surface area contributed by atoms with Crippen LogP contribution >= 0.6 is 22.7 Å². The first-order valence-electron chi connectivity index (χ1n) is 10.3. The van der Waals surface area contributed by atoms with E-state index in [4.69, 9.17) is 9.47 Å². The van der Waals surface area contributed by atoms with Crippen LogP contribution in [-0.2, 0) is 28.7 Å². The molecule has 0 atom stereocenters. The Morgan fingerprint density at radius 2 is 1.06 bits per heavy atom. The molecule has 2 aromatic rings. The number of esters is 2. The molecular formula is C22H24N2O8S2. The van der Waals surface area contributed by atoms with Crippen LogP contribution in [0.1, 0.15) is 45.0 Å². The van der Waals surface area contributed by atoms with E-state index in [0.717, 1.165) is 0 Å². The SMILES string of the molecule is O=C(COC(=O)CCC(=O)c1cccs1)NCCNC(=O)COC(=O)CCC(=O)c1cccs1. The van der Waals surface area contributed by atoms with Crippen molar-refractivity contribution in [2.75, 3.05) is 26.3 Å². The number of rotatable bonds is 15. The molecule has 2 aromatic heterocycles. The van der Waals surface area contributed by atoms with Crippen molar-refractivity contribution in [1.82, 2.24) is 10.6 Å². The van der Waals surface area contributed by atoms with Gasteiger partial charge in [-0.25, -0.2) is 0 Å². The number of carbonyl (C=O) groups excluding carboxylic acids is 6. The lowest BCUT2D eigenvalue weighted by Crippen LogP contribution is -2.38. The summed E-state index contributed by atoms with van der Waals surface area (Å²) in [6, 6.07) is 6.83. The first kappa shape index (κ1) is 26.9. The summed E-state index contributed by atoms with van der Waals surface area (Å²) in [5.41, 5.74) is 0. The van der Waals surface area contributed by atoms with Crippen LogP contribution in [0.3, 0.4) is 0 Å². The Bertz CT molecular complexity index is 906. The van der Waals surface area contributed by atoms with E-state index in [1.54, 1.807) is 35.0 Å². The Labute approximate surface area is 203 Å². The van der Waals surface area contributed by atoms with Gasteiger partial charge in [0.1, 0.15) is 0 Å². The van der Waals surface area contributed by atoms with Gasteiger partial charge in [-0.2, -0.15) is 0 Å². The minimum absolute atomic E-state index is 0.00249. The maximum Gasteiger partial charge on any atom is 0.306 e. The van der Waals surface area contributed by atoms with Gasteiger partial charge in [-0.1, -0.05) is 12.1 Å². The molecule has 10 nitrogen and oxygen atoms in total. The molecule has 0 aliphatic heterocycles. The highest BCUT2D eigenvalue weighted by molar-refractivity contribution is 7.12. The monoisotopic (exact) mass is 508 g/mol. The summed E-state index contributed by atoms with van der Waals surface area (Å²) in [5.74, 6) is -2.77. The number of carbonyl (C=O) groups is 6. The van der Waals surface area contributed by atoms with Gasteiger partial charge in [-0.3, -0.25) is 28.8 Å². The molecule has 182 valence electrons. The maximum absolute atomic E-state index is 11.8. The van der Waals surface area contributed by atoms with Crippen molar-refractivity contribution in [1.29, 1.82) is 0 Å².